The predicted octanol–water partition coefficient (Wildman–Crippen LogP) is 7.03. The molecular weight excluding hydrogens is 544 g/mol. The van der Waals surface area contributed by atoms with Crippen LogP contribution in [0.1, 0.15) is 40.9 Å². The Labute approximate surface area is 247 Å². The van der Waals surface area contributed by atoms with Gasteiger partial charge in [-0.1, -0.05) is 81.4 Å². The normalized spacial score (nSPS) is 12.5. The van der Waals surface area contributed by atoms with Crippen molar-refractivity contribution in [3.8, 4) is 17.1 Å². The lowest BCUT2D eigenvalue weighted by Crippen LogP contribution is -2.42. The lowest BCUT2D eigenvalue weighted by molar-refractivity contribution is -0.139. The number of nitrogens with one attached hydrogen (secondary N) is 1. The van der Waals surface area contributed by atoms with Crippen molar-refractivity contribution in [2.75, 3.05) is 0 Å². The lowest BCUT2D eigenvalue weighted by Gasteiger charge is -2.16. The Hall–Kier alpha value is -4.82. The van der Waals surface area contributed by atoms with Crippen molar-refractivity contribution in [3.05, 3.63) is 113 Å². The first-order chi connectivity index (χ1) is 20.2. The first-order valence-electron chi connectivity index (χ1n) is 13.7. The summed E-state index contributed by atoms with van der Waals surface area (Å²) in [5.74, 6) is -0.887. The monoisotopic (exact) mass is 574 g/mol. The summed E-state index contributed by atoms with van der Waals surface area (Å²) >= 11 is 1.39. The van der Waals surface area contributed by atoms with Crippen LogP contribution in [0.5, 0.6) is 0 Å². The molecule has 8 heteroatoms. The van der Waals surface area contributed by atoms with Gasteiger partial charge in [0.15, 0.2) is 5.82 Å². The molecule has 0 fully saturated rings. The highest BCUT2D eigenvalue weighted by Gasteiger charge is 2.24. The van der Waals surface area contributed by atoms with Crippen molar-refractivity contribution in [1.82, 2.24) is 19.9 Å². The molecule has 6 aromatic rings. The minimum atomic E-state index is -1.08. The van der Waals surface area contributed by atoms with Crippen LogP contribution in [0, 0.1) is 0 Å². The second-order valence-electron chi connectivity index (χ2n) is 11.3. The quantitative estimate of drug-likeness (QED) is 0.213. The third-order valence-corrected chi connectivity index (χ3v) is 8.81. The number of benzene rings is 3. The highest BCUT2D eigenvalue weighted by atomic mass is 32.1. The molecule has 0 saturated heterocycles. The fourth-order valence-electron chi connectivity index (χ4n) is 5.10. The van der Waals surface area contributed by atoms with E-state index in [-0.39, 0.29) is 17.7 Å². The summed E-state index contributed by atoms with van der Waals surface area (Å²) in [4.78, 5) is 35.7. The summed E-state index contributed by atoms with van der Waals surface area (Å²) in [5, 5.41) is 14.8. The summed E-state index contributed by atoms with van der Waals surface area (Å²) in [7, 11) is 0. The molecule has 0 spiro atoms. The van der Waals surface area contributed by atoms with E-state index in [9.17, 15) is 14.7 Å². The number of aromatic nitrogens is 3. The zero-order valence-corrected chi connectivity index (χ0v) is 24.4. The number of para-hydroxylation sites is 2. The van der Waals surface area contributed by atoms with E-state index in [4.69, 9.17) is 0 Å². The molecule has 7 nitrogen and oxygen atoms in total. The van der Waals surface area contributed by atoms with Crippen molar-refractivity contribution in [2.45, 2.75) is 38.6 Å². The van der Waals surface area contributed by atoms with Gasteiger partial charge in [0.1, 0.15) is 6.04 Å². The molecule has 2 N–H and O–H groups in total. The first kappa shape index (κ1) is 27.4. The number of rotatable bonds is 7. The number of carboxylic acid groups (broad SMARTS) is 1. The zero-order valence-electron chi connectivity index (χ0n) is 23.5. The summed E-state index contributed by atoms with van der Waals surface area (Å²) < 4.78 is 2.16. The van der Waals surface area contributed by atoms with Crippen LogP contribution in [0.15, 0.2) is 97.3 Å². The van der Waals surface area contributed by atoms with Crippen LogP contribution in [0.25, 0.3) is 38.9 Å². The van der Waals surface area contributed by atoms with Crippen LogP contribution in [0.4, 0.5) is 0 Å². The van der Waals surface area contributed by atoms with Crippen LogP contribution < -0.4 is 5.32 Å². The van der Waals surface area contributed by atoms with E-state index in [2.05, 4.69) is 64.9 Å². The average molecular weight is 575 g/mol. The molecule has 1 atom stereocenters. The van der Waals surface area contributed by atoms with Crippen molar-refractivity contribution in [2.24, 2.45) is 0 Å². The molecule has 210 valence electrons. The smallest absolute Gasteiger partial charge is 0.326 e. The van der Waals surface area contributed by atoms with Crippen LogP contribution in [0.2, 0.25) is 0 Å². The molecule has 0 radical (unpaired) electrons. The number of carbonyl (C=O) groups is 2. The van der Waals surface area contributed by atoms with Crippen molar-refractivity contribution in [1.29, 1.82) is 0 Å². The topological polar surface area (TPSA) is 97.1 Å². The van der Waals surface area contributed by atoms with Gasteiger partial charge in [-0.15, -0.1) is 11.3 Å². The molecule has 6 rings (SSSR count). The fraction of sp³-hybridized carbons (Fsp3) is 0.176. The molecule has 0 aliphatic rings. The van der Waals surface area contributed by atoms with E-state index in [1.807, 2.05) is 67.0 Å². The second-order valence-corrected chi connectivity index (χ2v) is 12.4. The maximum Gasteiger partial charge on any atom is 0.326 e. The van der Waals surface area contributed by atoms with Gasteiger partial charge in [0.05, 0.1) is 34.0 Å². The van der Waals surface area contributed by atoms with E-state index >= 15 is 0 Å². The molecule has 0 aliphatic carbocycles. The summed E-state index contributed by atoms with van der Waals surface area (Å²) in [6, 6.07) is 26.7. The summed E-state index contributed by atoms with van der Waals surface area (Å²) in [6.45, 7) is 6.24. The van der Waals surface area contributed by atoms with Crippen molar-refractivity contribution in [3.63, 3.8) is 0 Å². The Morgan fingerprint density at radius 2 is 1.45 bits per heavy atom. The maximum absolute atomic E-state index is 12.8. The third kappa shape index (κ3) is 5.29. The molecule has 0 bridgehead atoms. The molecule has 3 heterocycles. The van der Waals surface area contributed by atoms with E-state index < -0.39 is 12.0 Å². The number of amides is 1. The molecule has 1 amide bonds. The highest BCUT2D eigenvalue weighted by molar-refractivity contribution is 7.14. The predicted molar refractivity (Wildman–Crippen MR) is 167 cm³/mol. The van der Waals surface area contributed by atoms with Gasteiger partial charge in [0.2, 0.25) is 0 Å². The summed E-state index contributed by atoms with van der Waals surface area (Å²) in [6.07, 6.45) is 3.80. The number of thiophene rings is 1. The minimum absolute atomic E-state index is 0.0772. The largest absolute Gasteiger partial charge is 0.480 e. The molecule has 0 unspecified atom stereocenters. The maximum atomic E-state index is 12.8. The van der Waals surface area contributed by atoms with Crippen LogP contribution >= 0.6 is 11.3 Å². The van der Waals surface area contributed by atoms with Crippen LogP contribution in [0.3, 0.4) is 0 Å². The lowest BCUT2D eigenvalue weighted by atomic mass is 9.95. The highest BCUT2D eigenvalue weighted by Crippen LogP contribution is 2.32. The molecular formula is C34H30N4O3S. The summed E-state index contributed by atoms with van der Waals surface area (Å²) in [5.41, 5.74) is 4.58. The van der Waals surface area contributed by atoms with Gasteiger partial charge in [-0.2, -0.15) is 0 Å². The molecule has 3 aromatic carbocycles. The van der Waals surface area contributed by atoms with Gasteiger partial charge in [-0.25, -0.2) is 14.8 Å². The zero-order chi connectivity index (χ0) is 29.4. The third-order valence-electron chi connectivity index (χ3n) is 7.30. The molecule has 3 aromatic heterocycles. The Morgan fingerprint density at radius 3 is 2.00 bits per heavy atom. The van der Waals surface area contributed by atoms with Gasteiger partial charge in [0, 0.05) is 27.6 Å². The standard InChI is InChI=1S/C34H30N4O3S/c1-34(2,3)30-17-16-29(42-30)32(39)37-26(33(40)41)18-21-12-14-22(15-13-21)31-35-19-23(20-36-31)38-27-10-6-4-8-24(27)25-9-5-7-11-28(25)38/h4-17,19-20,26H,18H2,1-3H3,(H,37,39)(H,40,41)/t26-/m0/s1. The number of carboxylic acids is 1. The number of fused-ring (bicyclic) bond motifs is 3. The fourth-order valence-corrected chi connectivity index (χ4v) is 6.07. The van der Waals surface area contributed by atoms with Crippen molar-refractivity contribution >= 4 is 45.0 Å². The van der Waals surface area contributed by atoms with Gasteiger partial charge >= 0.3 is 5.97 Å². The first-order valence-corrected chi connectivity index (χ1v) is 14.5. The van der Waals surface area contributed by atoms with Gasteiger partial charge in [0.25, 0.3) is 5.91 Å². The van der Waals surface area contributed by atoms with E-state index in [1.165, 1.54) is 22.1 Å². The van der Waals surface area contributed by atoms with Crippen LogP contribution in [-0.2, 0) is 16.6 Å². The number of hydrogen-bond acceptors (Lipinski definition) is 5. The Kier molecular flexibility index (Phi) is 7.08. The average Bonchev–Trinajstić information content (AvgIpc) is 3.62. The van der Waals surface area contributed by atoms with Gasteiger partial charge < -0.3 is 15.0 Å². The Bertz CT molecular complexity index is 1860. The molecule has 0 saturated carbocycles. The number of nitrogens with zero attached hydrogens (tertiary/aromatic N) is 3. The van der Waals surface area contributed by atoms with Crippen LogP contribution in [-0.4, -0.2) is 37.6 Å². The SMILES string of the molecule is CC(C)(C)c1ccc(C(=O)N[C@@H](Cc2ccc(-c3ncc(-n4c5ccccc5c5ccccc54)cn3)cc2)C(=O)O)s1. The van der Waals surface area contributed by atoms with E-state index in [1.54, 1.807) is 6.07 Å². The van der Waals surface area contributed by atoms with Crippen molar-refractivity contribution < 1.29 is 14.7 Å². The Balaban J connectivity index is 1.19. The molecule has 42 heavy (non-hydrogen) atoms. The number of carbonyl (C=O) groups excluding carboxylic acids is 1. The molecule has 0 aliphatic heterocycles. The number of aliphatic carboxylic acids is 1. The van der Waals surface area contributed by atoms with Gasteiger partial charge in [-0.3, -0.25) is 4.79 Å². The minimum Gasteiger partial charge on any atom is -0.480 e. The Morgan fingerprint density at radius 1 is 0.857 bits per heavy atom. The number of hydrogen-bond donors (Lipinski definition) is 2. The van der Waals surface area contributed by atoms with E-state index in [0.717, 1.165) is 32.7 Å². The van der Waals surface area contributed by atoms with E-state index in [0.29, 0.717) is 10.7 Å². The second kappa shape index (κ2) is 10.9. The van der Waals surface area contributed by atoms with Gasteiger partial charge in [-0.05, 0) is 35.2 Å².